The van der Waals surface area contributed by atoms with Crippen molar-refractivity contribution in [1.82, 2.24) is 10.3 Å². The van der Waals surface area contributed by atoms with Crippen LogP contribution in [0, 0.1) is 5.41 Å². The second kappa shape index (κ2) is 6.45. The van der Waals surface area contributed by atoms with Gasteiger partial charge in [-0.05, 0) is 36.9 Å². The summed E-state index contributed by atoms with van der Waals surface area (Å²) in [6.45, 7) is 5.32. The van der Waals surface area contributed by atoms with Gasteiger partial charge in [0.15, 0.2) is 0 Å². The first-order valence-electron chi connectivity index (χ1n) is 6.12. The fourth-order valence-corrected chi connectivity index (χ4v) is 1.46. The highest BCUT2D eigenvalue weighted by molar-refractivity contribution is 5.75. The average Bonchev–Trinajstić information content (AvgIpc) is 2.80. The zero-order valence-corrected chi connectivity index (χ0v) is 10.8. The Morgan fingerprint density at radius 3 is 2.88 bits per heavy atom. The fourth-order valence-electron chi connectivity index (χ4n) is 1.46. The Morgan fingerprint density at radius 1 is 1.53 bits per heavy atom. The van der Waals surface area contributed by atoms with Crippen LogP contribution in [0.4, 0.5) is 0 Å². The standard InChI is InChI=1S/C13H23N3O/c1-13(2,9-14)10-16-12(17)7-3-5-11-6-4-8-15-11/h4,6,8,15H,3,5,7,9-10,14H2,1-2H3,(H,16,17). The van der Waals surface area contributed by atoms with Gasteiger partial charge in [-0.25, -0.2) is 0 Å². The Bertz CT molecular complexity index is 330. The van der Waals surface area contributed by atoms with E-state index < -0.39 is 0 Å². The van der Waals surface area contributed by atoms with Crippen molar-refractivity contribution in [2.24, 2.45) is 11.1 Å². The average molecular weight is 237 g/mol. The lowest BCUT2D eigenvalue weighted by Crippen LogP contribution is -2.38. The van der Waals surface area contributed by atoms with E-state index in [4.69, 9.17) is 5.73 Å². The number of hydrogen-bond acceptors (Lipinski definition) is 2. The molecule has 0 aliphatic heterocycles. The number of aryl methyl sites for hydroxylation is 1. The van der Waals surface area contributed by atoms with Crippen LogP contribution in [0.5, 0.6) is 0 Å². The number of rotatable bonds is 7. The summed E-state index contributed by atoms with van der Waals surface area (Å²) in [4.78, 5) is 14.7. The molecule has 0 aliphatic carbocycles. The van der Waals surface area contributed by atoms with Crippen molar-refractivity contribution in [3.8, 4) is 0 Å². The van der Waals surface area contributed by atoms with Gasteiger partial charge in [0.05, 0.1) is 0 Å². The first kappa shape index (κ1) is 13.8. The van der Waals surface area contributed by atoms with Gasteiger partial charge in [-0.2, -0.15) is 0 Å². The van der Waals surface area contributed by atoms with Crippen molar-refractivity contribution in [2.75, 3.05) is 13.1 Å². The summed E-state index contributed by atoms with van der Waals surface area (Å²) in [5.74, 6) is 0.109. The molecule has 17 heavy (non-hydrogen) atoms. The highest BCUT2D eigenvalue weighted by atomic mass is 16.1. The molecule has 0 unspecified atom stereocenters. The Labute approximate surface area is 103 Å². The van der Waals surface area contributed by atoms with Gasteiger partial charge in [0.1, 0.15) is 0 Å². The molecule has 4 N–H and O–H groups in total. The van der Waals surface area contributed by atoms with E-state index in [1.54, 1.807) is 0 Å². The molecule has 0 bridgehead atoms. The molecule has 96 valence electrons. The third kappa shape index (κ3) is 5.54. The van der Waals surface area contributed by atoms with Gasteiger partial charge in [-0.15, -0.1) is 0 Å². The number of aromatic nitrogens is 1. The Morgan fingerprint density at radius 2 is 2.29 bits per heavy atom. The molecule has 0 spiro atoms. The smallest absolute Gasteiger partial charge is 0.220 e. The fraction of sp³-hybridized carbons (Fsp3) is 0.615. The third-order valence-electron chi connectivity index (χ3n) is 2.83. The zero-order valence-electron chi connectivity index (χ0n) is 10.8. The van der Waals surface area contributed by atoms with Crippen LogP contribution >= 0.6 is 0 Å². The Hall–Kier alpha value is -1.29. The van der Waals surface area contributed by atoms with Crippen LogP contribution < -0.4 is 11.1 Å². The maximum atomic E-state index is 11.6. The first-order chi connectivity index (χ1) is 8.03. The molecular weight excluding hydrogens is 214 g/mol. The van der Waals surface area contributed by atoms with Crippen molar-refractivity contribution in [2.45, 2.75) is 33.1 Å². The molecule has 0 radical (unpaired) electrons. The lowest BCUT2D eigenvalue weighted by molar-refractivity contribution is -0.121. The molecule has 0 saturated heterocycles. The molecule has 4 nitrogen and oxygen atoms in total. The van der Waals surface area contributed by atoms with Crippen LogP contribution in [0.25, 0.3) is 0 Å². The number of amides is 1. The number of aromatic amines is 1. The van der Waals surface area contributed by atoms with Crippen LogP contribution in [0.3, 0.4) is 0 Å². The van der Waals surface area contributed by atoms with Crippen molar-refractivity contribution >= 4 is 5.91 Å². The molecule has 4 heteroatoms. The van der Waals surface area contributed by atoms with E-state index in [2.05, 4.69) is 10.3 Å². The first-order valence-corrected chi connectivity index (χ1v) is 6.12. The molecule has 0 fully saturated rings. The van der Waals surface area contributed by atoms with E-state index in [0.29, 0.717) is 19.5 Å². The van der Waals surface area contributed by atoms with Gasteiger partial charge in [-0.1, -0.05) is 13.8 Å². The molecule has 1 rings (SSSR count). The number of carbonyl (C=O) groups excluding carboxylic acids is 1. The van der Waals surface area contributed by atoms with E-state index >= 15 is 0 Å². The van der Waals surface area contributed by atoms with Crippen molar-refractivity contribution < 1.29 is 4.79 Å². The topological polar surface area (TPSA) is 70.9 Å². The van der Waals surface area contributed by atoms with Gasteiger partial charge < -0.3 is 16.0 Å². The maximum Gasteiger partial charge on any atom is 0.220 e. The predicted molar refractivity (Wildman–Crippen MR) is 69.6 cm³/mol. The number of carbonyl (C=O) groups is 1. The third-order valence-corrected chi connectivity index (χ3v) is 2.83. The summed E-state index contributed by atoms with van der Waals surface area (Å²) in [5, 5.41) is 2.92. The van der Waals surface area contributed by atoms with Crippen molar-refractivity contribution in [3.05, 3.63) is 24.0 Å². The van der Waals surface area contributed by atoms with Gasteiger partial charge in [0, 0.05) is 24.9 Å². The minimum absolute atomic E-state index is 0.0187. The SMILES string of the molecule is CC(C)(CN)CNC(=O)CCCc1ccc[nH]1. The van der Waals surface area contributed by atoms with E-state index in [1.165, 1.54) is 5.69 Å². The maximum absolute atomic E-state index is 11.6. The molecule has 0 aliphatic rings. The van der Waals surface area contributed by atoms with Gasteiger partial charge in [0.2, 0.25) is 5.91 Å². The Balaban J connectivity index is 2.13. The minimum atomic E-state index is -0.0187. The lowest BCUT2D eigenvalue weighted by atomic mass is 9.94. The monoisotopic (exact) mass is 237 g/mol. The summed E-state index contributed by atoms with van der Waals surface area (Å²) in [5.41, 5.74) is 6.76. The number of H-pyrrole nitrogens is 1. The largest absolute Gasteiger partial charge is 0.365 e. The number of nitrogens with one attached hydrogen (secondary N) is 2. The van der Waals surface area contributed by atoms with E-state index in [1.807, 2.05) is 32.2 Å². The number of nitrogens with two attached hydrogens (primary N) is 1. The summed E-state index contributed by atoms with van der Waals surface area (Å²) >= 11 is 0. The van der Waals surface area contributed by atoms with Gasteiger partial charge >= 0.3 is 0 Å². The van der Waals surface area contributed by atoms with Crippen molar-refractivity contribution in [3.63, 3.8) is 0 Å². The van der Waals surface area contributed by atoms with Crippen LogP contribution in [0.15, 0.2) is 18.3 Å². The molecule has 0 saturated carbocycles. The van der Waals surface area contributed by atoms with E-state index in [9.17, 15) is 4.79 Å². The second-order valence-corrected chi connectivity index (χ2v) is 5.19. The van der Waals surface area contributed by atoms with Crippen LogP contribution in [0.1, 0.15) is 32.4 Å². The van der Waals surface area contributed by atoms with Crippen LogP contribution in [-0.4, -0.2) is 24.0 Å². The molecule has 1 amide bonds. The van der Waals surface area contributed by atoms with Gasteiger partial charge in [-0.3, -0.25) is 4.79 Å². The summed E-state index contributed by atoms with van der Waals surface area (Å²) in [7, 11) is 0. The van der Waals surface area contributed by atoms with Crippen LogP contribution in [0.2, 0.25) is 0 Å². The molecule has 1 aromatic rings. The molecule has 1 aromatic heterocycles. The Kier molecular flexibility index (Phi) is 5.22. The second-order valence-electron chi connectivity index (χ2n) is 5.19. The molecule has 1 heterocycles. The lowest BCUT2D eigenvalue weighted by Gasteiger charge is -2.22. The molecule has 0 aromatic carbocycles. The number of hydrogen-bond donors (Lipinski definition) is 3. The normalized spacial score (nSPS) is 11.5. The summed E-state index contributed by atoms with van der Waals surface area (Å²) in [6, 6.07) is 4.01. The summed E-state index contributed by atoms with van der Waals surface area (Å²) in [6.07, 6.45) is 4.26. The molecular formula is C13H23N3O. The van der Waals surface area contributed by atoms with Crippen LogP contribution in [-0.2, 0) is 11.2 Å². The zero-order chi connectivity index (χ0) is 12.7. The van der Waals surface area contributed by atoms with Crippen molar-refractivity contribution in [1.29, 1.82) is 0 Å². The highest BCUT2D eigenvalue weighted by Crippen LogP contribution is 2.10. The molecule has 0 atom stereocenters. The van der Waals surface area contributed by atoms with Gasteiger partial charge in [0.25, 0.3) is 0 Å². The minimum Gasteiger partial charge on any atom is -0.365 e. The van der Waals surface area contributed by atoms with E-state index in [-0.39, 0.29) is 11.3 Å². The highest BCUT2D eigenvalue weighted by Gasteiger charge is 2.16. The quantitative estimate of drug-likeness (QED) is 0.671. The predicted octanol–water partition coefficient (Wildman–Crippen LogP) is 1.44. The summed E-state index contributed by atoms with van der Waals surface area (Å²) < 4.78 is 0. The van der Waals surface area contributed by atoms with E-state index in [0.717, 1.165) is 12.8 Å².